The normalized spacial score (nSPS) is 21.3. The monoisotopic (exact) mass is 1400 g/mol. The predicted molar refractivity (Wildman–Crippen MR) is 354 cm³/mol. The topological polar surface area (TPSA) is 388 Å². The molecule has 4 aromatic heterocycles. The molecule has 33 heteroatoms. The number of aromatic amines is 2. The van der Waals surface area contributed by atoms with Gasteiger partial charge in [-0.05, 0) is 73.0 Å². The molecule has 3 fully saturated rings. The number of imidazole rings is 1. The first-order valence-corrected chi connectivity index (χ1v) is 33.7. The van der Waals surface area contributed by atoms with Gasteiger partial charge >= 0.3 is 34.6 Å². The van der Waals surface area contributed by atoms with E-state index in [-0.39, 0.29) is 73.0 Å². The van der Waals surface area contributed by atoms with Gasteiger partial charge in [0.2, 0.25) is 11.9 Å². The van der Waals surface area contributed by atoms with Crippen LogP contribution in [0, 0.1) is 12.8 Å². The van der Waals surface area contributed by atoms with Gasteiger partial charge in [-0.2, -0.15) is 9.97 Å². The second-order valence-electron chi connectivity index (χ2n) is 23.7. The third-order valence-corrected chi connectivity index (χ3v) is 18.3. The molecule has 4 aromatic carbocycles. The summed E-state index contributed by atoms with van der Waals surface area (Å²) >= 11 is 0. The number of amides is 2. The Labute approximate surface area is 566 Å². The van der Waals surface area contributed by atoms with E-state index >= 15 is 0 Å². The minimum absolute atomic E-state index is 0.0451. The lowest BCUT2D eigenvalue weighted by atomic mass is 9.80. The van der Waals surface area contributed by atoms with Gasteiger partial charge < -0.3 is 71.2 Å². The van der Waals surface area contributed by atoms with Crippen molar-refractivity contribution in [1.29, 1.82) is 0 Å². The number of hydrogen-bond donors (Lipinski definition) is 6. The lowest BCUT2D eigenvalue weighted by Crippen LogP contribution is -2.38. The Morgan fingerprint density at radius 1 is 0.657 bits per heavy atom. The van der Waals surface area contributed by atoms with Crippen LogP contribution >= 0.6 is 17.2 Å². The average Bonchev–Trinajstić information content (AvgIpc) is 0.940. The molecule has 0 aliphatic carbocycles. The first-order chi connectivity index (χ1) is 47.7. The zero-order valence-corrected chi connectivity index (χ0v) is 56.1. The third kappa shape index (κ3) is 16.8. The number of ketones is 1. The van der Waals surface area contributed by atoms with E-state index in [4.69, 9.17) is 51.3 Å². The number of H-pyrrole nitrogens is 2. The molecule has 0 radical (unpaired) electrons. The number of hydrogen-bond acceptors (Lipinski definition) is 24. The third-order valence-electron chi connectivity index (χ3n) is 16.7. The molecule has 3 saturated heterocycles. The molecule has 99 heavy (non-hydrogen) atoms. The van der Waals surface area contributed by atoms with E-state index in [1.165, 1.54) is 43.2 Å². The van der Waals surface area contributed by atoms with Crippen LogP contribution in [0.2, 0.25) is 0 Å². The Bertz CT molecular complexity index is 4360. The number of ether oxygens (including phenoxy) is 7. The van der Waals surface area contributed by atoms with Gasteiger partial charge in [0.15, 0.2) is 11.2 Å². The number of Topliss-reactive ketones (excluding diaryl/α,β-unsaturated/α-hetero) is 1. The van der Waals surface area contributed by atoms with E-state index in [2.05, 4.69) is 35.6 Å². The molecule has 11 atom stereocenters. The summed E-state index contributed by atoms with van der Waals surface area (Å²) in [6.45, 7) is 4.91. The molecular formula is C66H72N10O21P2. The molecule has 3 aliphatic rings. The number of aryl methyl sites for hydroxylation is 1. The summed E-state index contributed by atoms with van der Waals surface area (Å²) in [7, 11) is -2.74. The van der Waals surface area contributed by atoms with Crippen LogP contribution in [0.3, 0.4) is 0 Å². The Morgan fingerprint density at radius 2 is 1.20 bits per heavy atom. The van der Waals surface area contributed by atoms with Crippen molar-refractivity contribution in [3.63, 3.8) is 0 Å². The van der Waals surface area contributed by atoms with Crippen LogP contribution in [-0.2, 0) is 61.8 Å². The van der Waals surface area contributed by atoms with Gasteiger partial charge in [0.25, 0.3) is 17.0 Å². The molecular weight excluding hydrogens is 1330 g/mol. The highest BCUT2D eigenvalue weighted by molar-refractivity contribution is 7.40. The van der Waals surface area contributed by atoms with E-state index in [0.29, 0.717) is 28.2 Å². The van der Waals surface area contributed by atoms with Crippen molar-refractivity contribution in [2.45, 2.75) is 121 Å². The maximum atomic E-state index is 13.8. The van der Waals surface area contributed by atoms with Gasteiger partial charge in [0.1, 0.15) is 71.8 Å². The second kappa shape index (κ2) is 31.8. The van der Waals surface area contributed by atoms with Gasteiger partial charge in [-0.15, -0.1) is 0 Å². The summed E-state index contributed by atoms with van der Waals surface area (Å²) in [5.74, 6) is -1.41. The summed E-state index contributed by atoms with van der Waals surface area (Å²) in [5.41, 5.74) is -1.69. The van der Waals surface area contributed by atoms with Gasteiger partial charge in [-0.1, -0.05) is 86.6 Å². The van der Waals surface area contributed by atoms with Gasteiger partial charge in [-0.3, -0.25) is 53.0 Å². The average molecular weight is 1400 g/mol. The molecule has 0 saturated carbocycles. The van der Waals surface area contributed by atoms with Crippen molar-refractivity contribution >= 4 is 63.7 Å². The molecule has 11 rings (SSSR count). The van der Waals surface area contributed by atoms with Crippen LogP contribution < -0.4 is 42.6 Å². The Hall–Kier alpha value is -9.07. The summed E-state index contributed by atoms with van der Waals surface area (Å²) < 4.78 is 71.8. The fourth-order valence-electron chi connectivity index (χ4n) is 11.5. The van der Waals surface area contributed by atoms with Crippen LogP contribution in [0.4, 0.5) is 11.8 Å². The smallest absolute Gasteiger partial charge is 0.351 e. The van der Waals surface area contributed by atoms with E-state index in [0.717, 1.165) is 14.7 Å². The highest BCUT2D eigenvalue weighted by atomic mass is 31.2. The summed E-state index contributed by atoms with van der Waals surface area (Å²) in [6, 6.07) is 33.9. The lowest BCUT2D eigenvalue weighted by molar-refractivity contribution is -0.153. The van der Waals surface area contributed by atoms with Crippen molar-refractivity contribution in [1.82, 2.24) is 38.6 Å². The first-order valence-electron chi connectivity index (χ1n) is 31.4. The fraction of sp³-hybridized carbons (Fsp3) is 0.379. The first kappa shape index (κ1) is 71.2. The van der Waals surface area contributed by atoms with Crippen molar-refractivity contribution < 1.29 is 80.2 Å². The number of aromatic nitrogens is 8. The minimum atomic E-state index is -2.93. The number of nitrogens with one attached hydrogen (secondary N) is 4. The Morgan fingerprint density at radius 3 is 1.78 bits per heavy atom. The zero-order valence-electron chi connectivity index (χ0n) is 54.4. The van der Waals surface area contributed by atoms with E-state index < -0.39 is 138 Å². The minimum Gasteiger partial charge on any atom is -0.497 e. The van der Waals surface area contributed by atoms with Gasteiger partial charge in [0, 0.05) is 55.1 Å². The number of rotatable bonds is 29. The molecule has 0 bridgehead atoms. The van der Waals surface area contributed by atoms with Gasteiger partial charge in [-0.25, -0.2) is 14.6 Å². The number of esters is 1. The van der Waals surface area contributed by atoms with Crippen molar-refractivity contribution in [2.75, 3.05) is 44.7 Å². The molecule has 3 aliphatic heterocycles. The standard InChI is InChI=1S/C66H72N10O21P2/c1-37(2)59(79)71-63-70-58-57(62(82)72-63)67-36-76(58)55-31-47(49(92-55)33-89-66(41-15-11-8-12-16-41,42-18-22-44(87-5)23-19-42)43-20-24-45(88-6)25-21-43)96-99(86)91-35-51-48(30-53(94-51)74-28-27-52(69-64(74)83)68-61(81)40-13-9-7-10-14-40)97-98(85)90-34-50-46(95-56(78)26-17-39(4)77)29-54(93-50)75-32-38(3)60(80)73-65(75)84/h7-16,18-25,27-28,32,36-37,46-51,53-55,85-86H,17,26,29-31,33-35H2,1-6H3,(H,73,80,84)(H,68,69,81,83)(H2,70,71,72,79,82)/t46-,47-,48-,49+,50+,51+,53+,54+,55+,98?,99?/m0/s1. The zero-order chi connectivity index (χ0) is 70.1. The van der Waals surface area contributed by atoms with Gasteiger partial charge in [0.05, 0.1) is 59.0 Å². The lowest BCUT2D eigenvalue weighted by Gasteiger charge is -2.37. The number of carbonyl (C=O) groups excluding carboxylic acids is 4. The van der Waals surface area contributed by atoms with Crippen molar-refractivity contribution in [3.05, 3.63) is 203 Å². The van der Waals surface area contributed by atoms with Crippen molar-refractivity contribution in [3.8, 4) is 11.5 Å². The number of carbonyl (C=O) groups is 4. The SMILES string of the molecule is COc1ccc(C(OC[C@H]2O[C@@H](n3cnc4c(=O)[nH]c(NC(=O)C(C)C)nc43)C[C@@H]2OP(O)OC[C@H]2O[C@@H](n3ccc(NC(=O)c4ccccc4)nc3=O)C[C@@H]2OP(O)OC[C@H]2O[C@@H](n3cc(C)c(=O)[nH]c3=O)C[C@@H]2OC(=O)CCC(C)=O)(c2ccccc2)c2ccc(OC)cc2)cc1. The molecule has 2 amide bonds. The predicted octanol–water partition coefficient (Wildman–Crippen LogP) is 6.49. The summed E-state index contributed by atoms with van der Waals surface area (Å²) in [6.07, 6.45) is -6.73. The molecule has 7 heterocycles. The number of benzene rings is 4. The molecule has 522 valence electrons. The Kier molecular flexibility index (Phi) is 22.9. The fourth-order valence-corrected chi connectivity index (χ4v) is 13.1. The molecule has 2 unspecified atom stereocenters. The van der Waals surface area contributed by atoms with Crippen LogP contribution in [0.15, 0.2) is 153 Å². The molecule has 8 aromatic rings. The highest BCUT2D eigenvalue weighted by Gasteiger charge is 2.47. The number of fused-ring (bicyclic) bond motifs is 1. The van der Waals surface area contributed by atoms with Crippen LogP contribution in [0.1, 0.15) is 104 Å². The van der Waals surface area contributed by atoms with Crippen LogP contribution in [-0.4, -0.2) is 143 Å². The van der Waals surface area contributed by atoms with Crippen molar-refractivity contribution in [2.24, 2.45) is 5.92 Å². The van der Waals surface area contributed by atoms with Crippen LogP contribution in [0.5, 0.6) is 11.5 Å². The maximum absolute atomic E-state index is 13.8. The van der Waals surface area contributed by atoms with E-state index in [9.17, 15) is 48.1 Å². The number of anilines is 2. The largest absolute Gasteiger partial charge is 0.497 e. The number of methoxy groups -OCH3 is 2. The molecule has 31 nitrogen and oxygen atoms in total. The molecule has 6 N–H and O–H groups in total. The Balaban J connectivity index is 0.866. The number of nitrogens with zero attached hydrogens (tertiary/aromatic N) is 6. The quantitative estimate of drug-likeness (QED) is 0.0166. The molecule has 0 spiro atoms. The van der Waals surface area contributed by atoms with E-state index in [1.54, 1.807) is 58.4 Å². The second-order valence-corrected chi connectivity index (χ2v) is 25.6. The van der Waals surface area contributed by atoms with E-state index in [1.807, 2.05) is 78.9 Å². The summed E-state index contributed by atoms with van der Waals surface area (Å²) in [4.78, 5) is 145. The maximum Gasteiger partial charge on any atom is 0.351 e. The van der Waals surface area contributed by atoms with Crippen LogP contribution in [0.25, 0.3) is 11.2 Å². The summed E-state index contributed by atoms with van der Waals surface area (Å²) in [5, 5.41) is 5.24. The highest BCUT2D eigenvalue weighted by Crippen LogP contribution is 2.48.